The van der Waals surface area contributed by atoms with E-state index >= 15 is 0 Å². The zero-order valence-corrected chi connectivity index (χ0v) is 8.19. The lowest BCUT2D eigenvalue weighted by Gasteiger charge is -2.04. The molecular formula is C10H11NO4. The molecule has 1 aromatic carbocycles. The summed E-state index contributed by atoms with van der Waals surface area (Å²) in [6.07, 6.45) is -0.341. The lowest BCUT2D eigenvalue weighted by Crippen LogP contribution is -2.17. The summed E-state index contributed by atoms with van der Waals surface area (Å²) >= 11 is 0. The van der Waals surface area contributed by atoms with E-state index in [9.17, 15) is 9.59 Å². The standard InChI is InChI=1S/C10H11NO4/c1-15-10(14)6-9(13)11-7-3-2-4-8(12)5-7/h2-5,12H,6H2,1H3,(H,11,13). The molecule has 1 rings (SSSR count). The van der Waals surface area contributed by atoms with E-state index in [1.54, 1.807) is 12.1 Å². The van der Waals surface area contributed by atoms with Crippen molar-refractivity contribution in [3.8, 4) is 5.75 Å². The Hall–Kier alpha value is -2.04. The molecule has 80 valence electrons. The van der Waals surface area contributed by atoms with Crippen molar-refractivity contribution in [2.75, 3.05) is 12.4 Å². The highest BCUT2D eigenvalue weighted by molar-refractivity contribution is 6.01. The van der Waals surface area contributed by atoms with Crippen LogP contribution in [-0.2, 0) is 14.3 Å². The molecule has 1 aromatic rings. The summed E-state index contributed by atoms with van der Waals surface area (Å²) in [6, 6.07) is 6.06. The molecule has 0 bridgehead atoms. The molecular weight excluding hydrogens is 198 g/mol. The van der Waals surface area contributed by atoms with Crippen LogP contribution in [0.25, 0.3) is 0 Å². The van der Waals surface area contributed by atoms with Gasteiger partial charge < -0.3 is 15.2 Å². The van der Waals surface area contributed by atoms with Crippen molar-refractivity contribution in [3.63, 3.8) is 0 Å². The second kappa shape index (κ2) is 4.99. The first kappa shape index (κ1) is 11.0. The molecule has 0 saturated carbocycles. The molecule has 0 aliphatic carbocycles. The van der Waals surface area contributed by atoms with Gasteiger partial charge in [0.2, 0.25) is 5.91 Å². The number of rotatable bonds is 3. The number of benzene rings is 1. The monoisotopic (exact) mass is 209 g/mol. The SMILES string of the molecule is COC(=O)CC(=O)Nc1cccc(O)c1. The predicted molar refractivity (Wildman–Crippen MR) is 53.4 cm³/mol. The fourth-order valence-electron chi connectivity index (χ4n) is 0.992. The number of phenolic OH excluding ortho intramolecular Hbond substituents is 1. The first-order chi connectivity index (χ1) is 7.11. The van der Waals surface area contributed by atoms with Crippen LogP contribution in [0.1, 0.15) is 6.42 Å². The van der Waals surface area contributed by atoms with E-state index < -0.39 is 11.9 Å². The molecule has 15 heavy (non-hydrogen) atoms. The molecule has 2 N–H and O–H groups in total. The van der Waals surface area contributed by atoms with Crippen LogP contribution in [0.15, 0.2) is 24.3 Å². The Morgan fingerprint density at radius 2 is 2.20 bits per heavy atom. The maximum Gasteiger partial charge on any atom is 0.315 e. The number of carbonyl (C=O) groups is 2. The van der Waals surface area contributed by atoms with Crippen LogP contribution in [0.4, 0.5) is 5.69 Å². The quantitative estimate of drug-likeness (QED) is 0.572. The fourth-order valence-corrected chi connectivity index (χ4v) is 0.992. The summed E-state index contributed by atoms with van der Waals surface area (Å²) in [5.74, 6) is -1.04. The highest BCUT2D eigenvalue weighted by Crippen LogP contribution is 2.15. The third-order valence-electron chi connectivity index (χ3n) is 1.66. The number of ether oxygens (including phenoxy) is 1. The Labute approximate surface area is 86.7 Å². The van der Waals surface area contributed by atoms with E-state index in [2.05, 4.69) is 10.1 Å². The number of nitrogens with one attached hydrogen (secondary N) is 1. The van der Waals surface area contributed by atoms with Gasteiger partial charge in [0, 0.05) is 11.8 Å². The van der Waals surface area contributed by atoms with E-state index in [4.69, 9.17) is 5.11 Å². The average molecular weight is 209 g/mol. The summed E-state index contributed by atoms with van der Waals surface area (Å²) in [5, 5.41) is 11.6. The minimum Gasteiger partial charge on any atom is -0.508 e. The van der Waals surface area contributed by atoms with Crippen LogP contribution in [0.3, 0.4) is 0 Å². The van der Waals surface area contributed by atoms with E-state index in [1.165, 1.54) is 19.2 Å². The molecule has 0 radical (unpaired) electrons. The first-order valence-electron chi connectivity index (χ1n) is 4.27. The molecule has 0 spiro atoms. The number of hydrogen-bond acceptors (Lipinski definition) is 4. The van der Waals surface area contributed by atoms with E-state index in [1.807, 2.05) is 0 Å². The number of esters is 1. The van der Waals surface area contributed by atoms with E-state index in [0.29, 0.717) is 5.69 Å². The number of amides is 1. The predicted octanol–water partition coefficient (Wildman–Crippen LogP) is 0.894. The summed E-state index contributed by atoms with van der Waals surface area (Å²) in [6.45, 7) is 0. The highest BCUT2D eigenvalue weighted by atomic mass is 16.5. The van der Waals surface area contributed by atoms with Crippen LogP contribution in [0, 0.1) is 0 Å². The van der Waals surface area contributed by atoms with Crippen LogP contribution >= 0.6 is 0 Å². The van der Waals surface area contributed by atoms with Crippen LogP contribution < -0.4 is 5.32 Å². The van der Waals surface area contributed by atoms with E-state index in [-0.39, 0.29) is 12.2 Å². The molecule has 5 heteroatoms. The normalized spacial score (nSPS) is 9.40. The fraction of sp³-hybridized carbons (Fsp3) is 0.200. The maximum absolute atomic E-state index is 11.2. The van der Waals surface area contributed by atoms with Crippen molar-refractivity contribution in [2.45, 2.75) is 6.42 Å². The molecule has 0 atom stereocenters. The lowest BCUT2D eigenvalue weighted by molar-refractivity contribution is -0.142. The lowest BCUT2D eigenvalue weighted by atomic mass is 10.3. The Balaban J connectivity index is 2.55. The number of hydrogen-bond donors (Lipinski definition) is 2. The van der Waals surface area contributed by atoms with Gasteiger partial charge >= 0.3 is 5.97 Å². The first-order valence-corrected chi connectivity index (χ1v) is 4.27. The van der Waals surface area contributed by atoms with Gasteiger partial charge in [-0.15, -0.1) is 0 Å². The molecule has 0 saturated heterocycles. The van der Waals surface area contributed by atoms with Crippen molar-refractivity contribution in [1.29, 1.82) is 0 Å². The van der Waals surface area contributed by atoms with Crippen molar-refractivity contribution < 1.29 is 19.4 Å². The Kier molecular flexibility index (Phi) is 3.68. The van der Waals surface area contributed by atoms with Crippen molar-refractivity contribution in [3.05, 3.63) is 24.3 Å². The molecule has 5 nitrogen and oxygen atoms in total. The van der Waals surface area contributed by atoms with Gasteiger partial charge in [0.1, 0.15) is 12.2 Å². The third-order valence-corrected chi connectivity index (χ3v) is 1.66. The van der Waals surface area contributed by atoms with E-state index in [0.717, 1.165) is 0 Å². The van der Waals surface area contributed by atoms with Gasteiger partial charge in [0.05, 0.1) is 7.11 Å². The van der Waals surface area contributed by atoms with Crippen LogP contribution in [-0.4, -0.2) is 24.1 Å². The minimum absolute atomic E-state index is 0.0471. The average Bonchev–Trinajstić information content (AvgIpc) is 2.17. The topological polar surface area (TPSA) is 75.6 Å². The summed E-state index contributed by atoms with van der Waals surface area (Å²) in [7, 11) is 1.21. The number of methoxy groups -OCH3 is 1. The van der Waals surface area contributed by atoms with Gasteiger partial charge in [-0.3, -0.25) is 9.59 Å². The Bertz CT molecular complexity index is 375. The number of phenols is 1. The Morgan fingerprint density at radius 1 is 1.47 bits per heavy atom. The second-order valence-corrected chi connectivity index (χ2v) is 2.85. The summed E-state index contributed by atoms with van der Waals surface area (Å²) in [4.78, 5) is 21.9. The highest BCUT2D eigenvalue weighted by Gasteiger charge is 2.09. The van der Waals surface area contributed by atoms with Gasteiger partial charge in [-0.1, -0.05) is 6.07 Å². The minimum atomic E-state index is -0.604. The zero-order valence-electron chi connectivity index (χ0n) is 8.19. The Morgan fingerprint density at radius 3 is 2.80 bits per heavy atom. The van der Waals surface area contributed by atoms with Gasteiger partial charge in [-0.2, -0.15) is 0 Å². The van der Waals surface area contributed by atoms with Crippen molar-refractivity contribution in [1.82, 2.24) is 0 Å². The zero-order chi connectivity index (χ0) is 11.3. The second-order valence-electron chi connectivity index (χ2n) is 2.85. The molecule has 1 amide bonds. The smallest absolute Gasteiger partial charge is 0.315 e. The van der Waals surface area contributed by atoms with Gasteiger partial charge in [-0.25, -0.2) is 0 Å². The molecule has 0 aromatic heterocycles. The summed E-state index contributed by atoms with van der Waals surface area (Å²) in [5.41, 5.74) is 0.434. The molecule has 0 fully saturated rings. The van der Waals surface area contributed by atoms with Crippen molar-refractivity contribution >= 4 is 17.6 Å². The van der Waals surface area contributed by atoms with Crippen LogP contribution in [0.5, 0.6) is 5.75 Å². The molecule has 0 aliphatic rings. The van der Waals surface area contributed by atoms with Gasteiger partial charge in [0.15, 0.2) is 0 Å². The maximum atomic E-state index is 11.2. The third kappa shape index (κ3) is 3.68. The van der Waals surface area contributed by atoms with Gasteiger partial charge in [-0.05, 0) is 12.1 Å². The number of aromatic hydroxyl groups is 1. The number of anilines is 1. The molecule has 0 heterocycles. The number of carbonyl (C=O) groups excluding carboxylic acids is 2. The largest absolute Gasteiger partial charge is 0.508 e. The van der Waals surface area contributed by atoms with Gasteiger partial charge in [0.25, 0.3) is 0 Å². The summed E-state index contributed by atoms with van der Waals surface area (Å²) < 4.78 is 4.33. The molecule has 0 aliphatic heterocycles. The van der Waals surface area contributed by atoms with Crippen LogP contribution in [0.2, 0.25) is 0 Å². The molecule has 0 unspecified atom stereocenters. The van der Waals surface area contributed by atoms with Crippen molar-refractivity contribution in [2.24, 2.45) is 0 Å².